The number of morpholine rings is 1. The largest absolute Gasteiger partial charge is 0.467 e. The molecule has 4 heterocycles. The Morgan fingerprint density at radius 2 is 1.73 bits per heavy atom. The van der Waals surface area contributed by atoms with E-state index in [1.807, 2.05) is 16.9 Å². The van der Waals surface area contributed by atoms with Crippen LogP contribution in [-0.4, -0.2) is 79.3 Å². The summed E-state index contributed by atoms with van der Waals surface area (Å²) in [5.41, 5.74) is 3.48. The number of anilines is 2. The predicted octanol–water partition coefficient (Wildman–Crippen LogP) is 1.38. The van der Waals surface area contributed by atoms with Crippen LogP contribution in [0, 0.1) is 6.92 Å². The molecule has 0 aliphatic carbocycles. The summed E-state index contributed by atoms with van der Waals surface area (Å²) in [5.74, 6) is 1.57. The number of aromatic nitrogens is 4. The van der Waals surface area contributed by atoms with Crippen LogP contribution in [0.15, 0.2) is 24.4 Å². The number of hydrogen-bond acceptors (Lipinski definition) is 8. The van der Waals surface area contributed by atoms with Gasteiger partial charge >= 0.3 is 6.01 Å². The van der Waals surface area contributed by atoms with E-state index in [1.54, 1.807) is 7.11 Å². The summed E-state index contributed by atoms with van der Waals surface area (Å²) in [5, 5.41) is 9.11. The fourth-order valence-electron chi connectivity index (χ4n) is 4.16. The molecule has 0 radical (unpaired) electrons. The van der Waals surface area contributed by atoms with Crippen LogP contribution in [0.5, 0.6) is 6.01 Å². The maximum Gasteiger partial charge on any atom is 0.320 e. The topological polar surface area (TPSA) is 80.6 Å². The van der Waals surface area contributed by atoms with Gasteiger partial charge in [0.1, 0.15) is 5.82 Å². The molecule has 0 bridgehead atoms. The van der Waals surface area contributed by atoms with Gasteiger partial charge < -0.3 is 24.6 Å². The first-order chi connectivity index (χ1) is 14.7. The van der Waals surface area contributed by atoms with E-state index in [0.717, 1.165) is 69.2 Å². The van der Waals surface area contributed by atoms with Crippen molar-refractivity contribution in [2.75, 3.05) is 69.4 Å². The minimum Gasteiger partial charge on any atom is -0.467 e. The van der Waals surface area contributed by atoms with E-state index in [2.05, 4.69) is 49.2 Å². The molecule has 2 saturated heterocycles. The fraction of sp³-hybridized carbons (Fsp3) is 0.476. The third kappa shape index (κ3) is 3.54. The Kier molecular flexibility index (Phi) is 5.14. The van der Waals surface area contributed by atoms with E-state index < -0.39 is 0 Å². The second-order valence-corrected chi connectivity index (χ2v) is 7.66. The number of nitrogens with zero attached hydrogens (tertiary/aromatic N) is 6. The van der Waals surface area contributed by atoms with Gasteiger partial charge in [-0.15, -0.1) is 0 Å². The monoisotopic (exact) mass is 409 g/mol. The van der Waals surface area contributed by atoms with Crippen LogP contribution in [0.4, 0.5) is 11.5 Å². The van der Waals surface area contributed by atoms with Crippen molar-refractivity contribution in [3.8, 4) is 11.8 Å². The van der Waals surface area contributed by atoms with E-state index in [1.165, 1.54) is 11.3 Å². The van der Waals surface area contributed by atoms with Gasteiger partial charge in [0, 0.05) is 56.4 Å². The zero-order valence-electron chi connectivity index (χ0n) is 17.5. The van der Waals surface area contributed by atoms with E-state index >= 15 is 0 Å². The van der Waals surface area contributed by atoms with Gasteiger partial charge in [0.05, 0.1) is 32.0 Å². The molecule has 2 fully saturated rings. The lowest BCUT2D eigenvalue weighted by molar-refractivity contribution is 0.122. The average Bonchev–Trinajstić information content (AvgIpc) is 3.22. The molecule has 9 heteroatoms. The average molecular weight is 409 g/mol. The number of piperazine rings is 1. The van der Waals surface area contributed by atoms with Crippen molar-refractivity contribution in [3.63, 3.8) is 0 Å². The summed E-state index contributed by atoms with van der Waals surface area (Å²) in [4.78, 5) is 13.8. The Bertz CT molecular complexity index is 1040. The fourth-order valence-corrected chi connectivity index (χ4v) is 4.16. The summed E-state index contributed by atoms with van der Waals surface area (Å²) >= 11 is 0. The van der Waals surface area contributed by atoms with Gasteiger partial charge in [0.25, 0.3) is 0 Å². The number of benzene rings is 1. The molecule has 0 spiro atoms. The quantitative estimate of drug-likeness (QED) is 0.692. The Morgan fingerprint density at radius 3 is 2.50 bits per heavy atom. The van der Waals surface area contributed by atoms with Gasteiger partial charge in [0.2, 0.25) is 0 Å². The molecular weight excluding hydrogens is 382 g/mol. The number of aryl methyl sites for hydroxylation is 1. The number of ether oxygens (including phenoxy) is 2. The lowest BCUT2D eigenvalue weighted by Crippen LogP contribution is -2.44. The van der Waals surface area contributed by atoms with Gasteiger partial charge in [-0.2, -0.15) is 15.1 Å². The van der Waals surface area contributed by atoms with Crippen LogP contribution in [0.3, 0.4) is 0 Å². The number of fused-ring (bicyclic) bond motifs is 1. The summed E-state index contributed by atoms with van der Waals surface area (Å²) in [7, 11) is 1.60. The van der Waals surface area contributed by atoms with Crippen LogP contribution >= 0.6 is 0 Å². The zero-order chi connectivity index (χ0) is 20.5. The lowest BCUT2D eigenvalue weighted by atomic mass is 10.1. The van der Waals surface area contributed by atoms with E-state index in [9.17, 15) is 0 Å². The van der Waals surface area contributed by atoms with Gasteiger partial charge in [-0.1, -0.05) is 0 Å². The smallest absolute Gasteiger partial charge is 0.320 e. The van der Waals surface area contributed by atoms with E-state index in [-0.39, 0.29) is 0 Å². The van der Waals surface area contributed by atoms with Gasteiger partial charge in [0.15, 0.2) is 5.82 Å². The molecule has 30 heavy (non-hydrogen) atoms. The molecule has 3 aromatic rings. The molecule has 0 unspecified atom stereocenters. The van der Waals surface area contributed by atoms with Crippen LogP contribution in [-0.2, 0) is 4.74 Å². The van der Waals surface area contributed by atoms with Gasteiger partial charge in [-0.25, -0.2) is 4.68 Å². The third-order valence-corrected chi connectivity index (χ3v) is 5.76. The van der Waals surface area contributed by atoms with Crippen molar-refractivity contribution < 1.29 is 9.47 Å². The highest BCUT2D eigenvalue weighted by molar-refractivity contribution is 5.85. The standard InChI is InChI=1S/C21H27N7O2/c1-15-11-16-14-23-28(18(16)12-17(15)26-7-9-30-10-8-26)20-13-19(24-21(25-20)29-2)27-5-3-22-4-6-27/h11-14,22H,3-10H2,1-2H3. The molecule has 2 aromatic heterocycles. The molecule has 2 aliphatic rings. The maximum absolute atomic E-state index is 5.52. The van der Waals surface area contributed by atoms with Crippen molar-refractivity contribution in [1.82, 2.24) is 25.1 Å². The molecule has 158 valence electrons. The Labute approximate surface area is 175 Å². The molecule has 0 atom stereocenters. The molecule has 0 amide bonds. The maximum atomic E-state index is 5.52. The summed E-state index contributed by atoms with van der Waals surface area (Å²) in [6.45, 7) is 9.15. The number of nitrogens with one attached hydrogen (secondary N) is 1. The Hall–Kier alpha value is -2.91. The van der Waals surface area contributed by atoms with Crippen molar-refractivity contribution in [2.24, 2.45) is 0 Å². The molecular formula is C21H27N7O2. The second-order valence-electron chi connectivity index (χ2n) is 7.66. The normalized spacial score (nSPS) is 17.5. The SMILES string of the molecule is COc1nc(N2CCNCC2)cc(-n2ncc3cc(C)c(N4CCOCC4)cc32)n1. The van der Waals surface area contributed by atoms with Crippen LogP contribution < -0.4 is 19.9 Å². The summed E-state index contributed by atoms with van der Waals surface area (Å²) < 4.78 is 12.8. The number of hydrogen-bond donors (Lipinski definition) is 1. The highest BCUT2D eigenvalue weighted by atomic mass is 16.5. The minimum atomic E-state index is 0.352. The number of methoxy groups -OCH3 is 1. The van der Waals surface area contributed by atoms with Crippen LogP contribution in [0.2, 0.25) is 0 Å². The predicted molar refractivity (Wildman–Crippen MR) is 116 cm³/mol. The van der Waals surface area contributed by atoms with Gasteiger partial charge in [-0.3, -0.25) is 0 Å². The van der Waals surface area contributed by atoms with Crippen LogP contribution in [0.1, 0.15) is 5.56 Å². The second kappa shape index (κ2) is 8.08. The van der Waals surface area contributed by atoms with Crippen molar-refractivity contribution in [2.45, 2.75) is 6.92 Å². The Morgan fingerprint density at radius 1 is 0.967 bits per heavy atom. The van der Waals surface area contributed by atoms with Crippen LogP contribution in [0.25, 0.3) is 16.7 Å². The highest BCUT2D eigenvalue weighted by Gasteiger charge is 2.19. The lowest BCUT2D eigenvalue weighted by Gasteiger charge is -2.30. The molecule has 2 aliphatic heterocycles. The zero-order valence-corrected chi connectivity index (χ0v) is 17.5. The first-order valence-electron chi connectivity index (χ1n) is 10.4. The highest BCUT2D eigenvalue weighted by Crippen LogP contribution is 2.29. The molecule has 1 N–H and O–H groups in total. The Balaban J connectivity index is 1.58. The first-order valence-corrected chi connectivity index (χ1v) is 10.4. The number of rotatable bonds is 4. The van der Waals surface area contributed by atoms with Crippen molar-refractivity contribution >= 4 is 22.4 Å². The molecule has 1 aromatic carbocycles. The van der Waals surface area contributed by atoms with E-state index in [4.69, 9.17) is 9.47 Å². The molecule has 5 rings (SSSR count). The third-order valence-electron chi connectivity index (χ3n) is 5.76. The van der Waals surface area contributed by atoms with Crippen molar-refractivity contribution in [1.29, 1.82) is 0 Å². The summed E-state index contributed by atoms with van der Waals surface area (Å²) in [6.07, 6.45) is 1.89. The summed E-state index contributed by atoms with van der Waals surface area (Å²) in [6, 6.07) is 6.75. The molecule has 0 saturated carbocycles. The molecule has 9 nitrogen and oxygen atoms in total. The van der Waals surface area contributed by atoms with Gasteiger partial charge in [-0.05, 0) is 24.6 Å². The minimum absolute atomic E-state index is 0.352. The first kappa shape index (κ1) is 19.1. The van der Waals surface area contributed by atoms with Crippen molar-refractivity contribution in [3.05, 3.63) is 30.0 Å². The van der Waals surface area contributed by atoms with E-state index in [0.29, 0.717) is 11.8 Å².